The summed E-state index contributed by atoms with van der Waals surface area (Å²) in [6.45, 7) is 0.0889. The first-order valence-corrected chi connectivity index (χ1v) is 9.44. The van der Waals surface area contributed by atoms with Gasteiger partial charge >= 0.3 is 0 Å². The molecule has 1 atom stereocenters. The van der Waals surface area contributed by atoms with Crippen molar-refractivity contribution in [1.29, 1.82) is 0 Å². The van der Waals surface area contributed by atoms with Gasteiger partial charge in [-0.25, -0.2) is 0 Å². The first-order chi connectivity index (χ1) is 15.0. The van der Waals surface area contributed by atoms with Crippen LogP contribution >= 0.6 is 0 Å². The number of ketones is 1. The average Bonchev–Trinajstić information content (AvgIpc) is 3.05. The maximum absolute atomic E-state index is 12.9. The number of aliphatic hydroxyl groups excluding tert-OH is 1. The van der Waals surface area contributed by atoms with Crippen molar-refractivity contribution < 1.29 is 19.6 Å². The van der Waals surface area contributed by atoms with Crippen LogP contribution in [0.4, 0.5) is 5.69 Å². The highest BCUT2D eigenvalue weighted by atomic mass is 16.6. The summed E-state index contributed by atoms with van der Waals surface area (Å²) in [7, 11) is 0. The molecule has 0 bridgehead atoms. The predicted octanol–water partition coefficient (Wildman–Crippen LogP) is 3.61. The van der Waals surface area contributed by atoms with Crippen LogP contribution in [0.15, 0.2) is 84.7 Å². The van der Waals surface area contributed by atoms with E-state index in [1.54, 1.807) is 54.9 Å². The number of nitrogens with zero attached hydrogens (tertiary/aromatic N) is 3. The van der Waals surface area contributed by atoms with Crippen molar-refractivity contribution in [2.45, 2.75) is 12.6 Å². The summed E-state index contributed by atoms with van der Waals surface area (Å²) in [5, 5.41) is 22.0. The molecule has 1 saturated heterocycles. The average molecular weight is 415 g/mol. The lowest BCUT2D eigenvalue weighted by molar-refractivity contribution is -0.384. The van der Waals surface area contributed by atoms with E-state index in [2.05, 4.69) is 4.98 Å². The third-order valence-electron chi connectivity index (χ3n) is 5.08. The molecule has 8 heteroatoms. The van der Waals surface area contributed by atoms with Gasteiger partial charge in [-0.2, -0.15) is 0 Å². The molecule has 1 N–H and O–H groups in total. The van der Waals surface area contributed by atoms with Crippen LogP contribution in [0.3, 0.4) is 0 Å². The van der Waals surface area contributed by atoms with E-state index in [1.807, 2.05) is 0 Å². The van der Waals surface area contributed by atoms with Crippen LogP contribution in [0, 0.1) is 10.1 Å². The van der Waals surface area contributed by atoms with E-state index >= 15 is 0 Å². The van der Waals surface area contributed by atoms with E-state index in [-0.39, 0.29) is 23.6 Å². The summed E-state index contributed by atoms with van der Waals surface area (Å²) in [5.41, 5.74) is 1.40. The van der Waals surface area contributed by atoms with Gasteiger partial charge in [0.15, 0.2) is 0 Å². The lowest BCUT2D eigenvalue weighted by atomic mass is 9.95. The Hall–Kier alpha value is -4.33. The van der Waals surface area contributed by atoms with Crippen LogP contribution in [0.2, 0.25) is 0 Å². The predicted molar refractivity (Wildman–Crippen MR) is 112 cm³/mol. The molecule has 154 valence electrons. The topological polar surface area (TPSA) is 114 Å². The first-order valence-electron chi connectivity index (χ1n) is 9.44. The second-order valence-electron chi connectivity index (χ2n) is 7.00. The van der Waals surface area contributed by atoms with Gasteiger partial charge in [-0.3, -0.25) is 24.7 Å². The van der Waals surface area contributed by atoms with E-state index < -0.39 is 22.7 Å². The maximum Gasteiger partial charge on any atom is 0.295 e. The van der Waals surface area contributed by atoms with Gasteiger partial charge in [0, 0.05) is 36.6 Å². The third kappa shape index (κ3) is 3.78. The number of nitro groups is 1. The van der Waals surface area contributed by atoms with Crippen molar-refractivity contribution in [2.24, 2.45) is 0 Å². The summed E-state index contributed by atoms with van der Waals surface area (Å²) in [5.74, 6) is -1.87. The maximum atomic E-state index is 12.9. The van der Waals surface area contributed by atoms with Crippen LogP contribution < -0.4 is 0 Å². The van der Waals surface area contributed by atoms with Gasteiger partial charge < -0.3 is 10.0 Å². The van der Waals surface area contributed by atoms with E-state index in [1.165, 1.54) is 29.2 Å². The van der Waals surface area contributed by atoms with E-state index in [0.29, 0.717) is 16.7 Å². The Labute approximate surface area is 177 Å². The Bertz CT molecular complexity index is 1170. The fourth-order valence-corrected chi connectivity index (χ4v) is 3.61. The Morgan fingerprint density at radius 2 is 1.74 bits per heavy atom. The molecule has 0 saturated carbocycles. The molecule has 3 aromatic rings. The molecule has 0 aliphatic carbocycles. The molecule has 0 spiro atoms. The summed E-state index contributed by atoms with van der Waals surface area (Å²) in [6, 6.07) is 16.6. The quantitative estimate of drug-likeness (QED) is 0.224. The van der Waals surface area contributed by atoms with E-state index in [4.69, 9.17) is 0 Å². The Morgan fingerprint density at radius 1 is 1.03 bits per heavy atom. The number of pyridine rings is 1. The van der Waals surface area contributed by atoms with Crippen LogP contribution in [0.25, 0.3) is 5.76 Å². The zero-order chi connectivity index (χ0) is 22.0. The molecule has 1 aromatic heterocycles. The molecule has 1 unspecified atom stereocenters. The number of likely N-dealkylation sites (tertiary alicyclic amines) is 1. The zero-order valence-electron chi connectivity index (χ0n) is 16.2. The van der Waals surface area contributed by atoms with Crippen molar-refractivity contribution in [3.05, 3.63) is 112 Å². The molecule has 8 nitrogen and oxygen atoms in total. The van der Waals surface area contributed by atoms with Gasteiger partial charge in [-0.05, 0) is 29.3 Å². The van der Waals surface area contributed by atoms with E-state index in [0.717, 1.165) is 0 Å². The minimum Gasteiger partial charge on any atom is -0.507 e. The molecule has 1 aliphatic rings. The largest absolute Gasteiger partial charge is 0.507 e. The highest BCUT2D eigenvalue weighted by Crippen LogP contribution is 2.40. The number of carbonyl (C=O) groups is 2. The number of benzene rings is 2. The monoisotopic (exact) mass is 415 g/mol. The van der Waals surface area contributed by atoms with Gasteiger partial charge in [0.1, 0.15) is 5.76 Å². The SMILES string of the molecule is O=C1C(=O)N(Cc2cccnc2)C(c2ccc([N+](=O)[O-])cc2)/C1=C(/O)c1ccccc1. The number of non-ortho nitro benzene ring substituents is 1. The lowest BCUT2D eigenvalue weighted by Gasteiger charge is -2.25. The zero-order valence-corrected chi connectivity index (χ0v) is 16.2. The minimum absolute atomic E-state index is 0.0612. The summed E-state index contributed by atoms with van der Waals surface area (Å²) in [6.07, 6.45) is 3.18. The van der Waals surface area contributed by atoms with Crippen molar-refractivity contribution in [3.8, 4) is 0 Å². The van der Waals surface area contributed by atoms with E-state index in [9.17, 15) is 24.8 Å². The highest BCUT2D eigenvalue weighted by Gasteiger charge is 2.46. The van der Waals surface area contributed by atoms with Crippen molar-refractivity contribution in [1.82, 2.24) is 9.88 Å². The number of nitro benzene ring substituents is 1. The Kier molecular flexibility index (Phi) is 5.28. The number of aliphatic hydroxyl groups is 1. The number of rotatable bonds is 5. The summed E-state index contributed by atoms with van der Waals surface area (Å²) >= 11 is 0. The number of Topliss-reactive ketones (excluding diaryl/α,β-unsaturated/α-hetero) is 1. The normalized spacial score (nSPS) is 17.7. The van der Waals surface area contributed by atoms with Crippen LogP contribution in [0.1, 0.15) is 22.7 Å². The van der Waals surface area contributed by atoms with Crippen molar-refractivity contribution in [2.75, 3.05) is 0 Å². The van der Waals surface area contributed by atoms with Crippen molar-refractivity contribution in [3.63, 3.8) is 0 Å². The molecular formula is C23H17N3O5. The Balaban J connectivity index is 1.85. The summed E-state index contributed by atoms with van der Waals surface area (Å²) in [4.78, 5) is 41.8. The van der Waals surface area contributed by atoms with Gasteiger partial charge in [0.05, 0.1) is 16.5 Å². The second-order valence-corrected chi connectivity index (χ2v) is 7.00. The Morgan fingerprint density at radius 3 is 2.35 bits per heavy atom. The number of aromatic nitrogens is 1. The number of amides is 1. The molecule has 0 radical (unpaired) electrons. The molecule has 1 amide bonds. The fraction of sp³-hybridized carbons (Fsp3) is 0.0870. The van der Waals surface area contributed by atoms with Crippen LogP contribution in [-0.2, 0) is 16.1 Å². The fourth-order valence-electron chi connectivity index (χ4n) is 3.61. The first kappa shape index (κ1) is 20.0. The molecule has 2 heterocycles. The number of carbonyl (C=O) groups excluding carboxylic acids is 2. The highest BCUT2D eigenvalue weighted by molar-refractivity contribution is 6.46. The van der Waals surface area contributed by atoms with Gasteiger partial charge in [0.25, 0.3) is 17.4 Å². The van der Waals surface area contributed by atoms with Gasteiger partial charge in [-0.15, -0.1) is 0 Å². The van der Waals surface area contributed by atoms with Crippen molar-refractivity contribution >= 4 is 23.1 Å². The third-order valence-corrected chi connectivity index (χ3v) is 5.08. The molecule has 2 aromatic carbocycles. The number of hydrogen-bond acceptors (Lipinski definition) is 6. The number of hydrogen-bond donors (Lipinski definition) is 1. The molecule has 31 heavy (non-hydrogen) atoms. The van der Waals surface area contributed by atoms with Crippen LogP contribution in [0.5, 0.6) is 0 Å². The lowest BCUT2D eigenvalue weighted by Crippen LogP contribution is -2.29. The standard InChI is InChI=1S/C23H17N3O5/c27-21(17-6-2-1-3-7-17)19-20(16-8-10-18(11-9-16)26(30)31)25(23(29)22(19)28)14-15-5-4-12-24-13-15/h1-13,20,27H,14H2/b21-19-. The van der Waals surface area contributed by atoms with Gasteiger partial charge in [-0.1, -0.05) is 36.4 Å². The minimum atomic E-state index is -0.902. The molecular weight excluding hydrogens is 398 g/mol. The smallest absolute Gasteiger partial charge is 0.295 e. The summed E-state index contributed by atoms with van der Waals surface area (Å²) < 4.78 is 0. The molecule has 4 rings (SSSR count). The van der Waals surface area contributed by atoms with Gasteiger partial charge in [0.2, 0.25) is 0 Å². The van der Waals surface area contributed by atoms with Crippen LogP contribution in [-0.4, -0.2) is 31.6 Å². The second kappa shape index (κ2) is 8.19. The molecule has 1 aliphatic heterocycles. The molecule has 1 fully saturated rings.